The summed E-state index contributed by atoms with van der Waals surface area (Å²) in [6, 6.07) is 19.7. The van der Waals surface area contributed by atoms with Gasteiger partial charge in [-0.1, -0.05) is 42.5 Å². The minimum atomic E-state index is -0.139. The number of nitrogens with zero attached hydrogens (tertiary/aromatic N) is 1. The van der Waals surface area contributed by atoms with E-state index in [2.05, 4.69) is 5.32 Å². The summed E-state index contributed by atoms with van der Waals surface area (Å²) in [7, 11) is 0. The summed E-state index contributed by atoms with van der Waals surface area (Å²) in [5, 5.41) is 4.71. The largest absolute Gasteiger partial charge is 0.483 e. The van der Waals surface area contributed by atoms with E-state index in [1.165, 1.54) is 6.42 Å². The molecule has 0 aliphatic carbocycles. The number of carbonyl (C=O) groups is 2. The number of amides is 2. The fourth-order valence-electron chi connectivity index (χ4n) is 4.14. The molecule has 3 aromatic rings. The average Bonchev–Trinajstić information content (AvgIpc) is 2.83. The lowest BCUT2D eigenvalue weighted by Crippen LogP contribution is -2.35. The lowest BCUT2D eigenvalue weighted by molar-refractivity contribution is -0.122. The number of likely N-dealkylation sites (tertiary alicyclic amines) is 1. The molecule has 31 heavy (non-hydrogen) atoms. The van der Waals surface area contributed by atoms with Gasteiger partial charge in [0.25, 0.3) is 11.8 Å². The molecule has 1 heterocycles. The number of likely N-dealkylation sites (N-methyl/N-ethyl adjacent to an activating group) is 1. The summed E-state index contributed by atoms with van der Waals surface area (Å²) < 4.78 is 5.79. The van der Waals surface area contributed by atoms with Crippen molar-refractivity contribution < 1.29 is 14.3 Å². The van der Waals surface area contributed by atoms with Crippen molar-refractivity contribution >= 4 is 22.6 Å². The number of fused-ring (bicyclic) bond motifs is 1. The topological polar surface area (TPSA) is 58.6 Å². The van der Waals surface area contributed by atoms with Gasteiger partial charge in [-0.15, -0.1) is 0 Å². The molecule has 5 heteroatoms. The van der Waals surface area contributed by atoms with Gasteiger partial charge in [0, 0.05) is 30.6 Å². The van der Waals surface area contributed by atoms with Crippen LogP contribution in [0, 0.1) is 0 Å². The molecule has 0 aromatic heterocycles. The van der Waals surface area contributed by atoms with Crippen LogP contribution in [0.25, 0.3) is 21.9 Å². The monoisotopic (exact) mass is 416 g/mol. The predicted octanol–water partition coefficient (Wildman–Crippen LogP) is 4.65. The first-order valence-corrected chi connectivity index (χ1v) is 11.0. The third kappa shape index (κ3) is 4.71. The highest BCUT2D eigenvalue weighted by atomic mass is 16.5. The van der Waals surface area contributed by atoms with E-state index in [0.29, 0.717) is 12.3 Å². The third-order valence-corrected chi connectivity index (χ3v) is 5.68. The maximum Gasteiger partial charge on any atom is 0.257 e. The van der Waals surface area contributed by atoms with Crippen LogP contribution in [0.3, 0.4) is 0 Å². The van der Waals surface area contributed by atoms with Crippen molar-refractivity contribution in [1.29, 1.82) is 0 Å². The van der Waals surface area contributed by atoms with Gasteiger partial charge in [-0.05, 0) is 60.9 Å². The first-order chi connectivity index (χ1) is 15.2. The van der Waals surface area contributed by atoms with E-state index in [1.807, 2.05) is 72.5 Å². The normalized spacial score (nSPS) is 13.8. The SMILES string of the molecule is CCNC(=O)COc1ccc(-c2cccc(C(=O)N3CCCCC3)c2)c2ccccc12. The third-order valence-electron chi connectivity index (χ3n) is 5.68. The van der Waals surface area contributed by atoms with Gasteiger partial charge in [-0.3, -0.25) is 9.59 Å². The molecule has 5 nitrogen and oxygen atoms in total. The Kier molecular flexibility index (Phi) is 6.51. The second kappa shape index (κ2) is 9.65. The first kappa shape index (κ1) is 20.9. The van der Waals surface area contributed by atoms with E-state index in [-0.39, 0.29) is 18.4 Å². The highest BCUT2D eigenvalue weighted by Crippen LogP contribution is 2.35. The molecule has 1 N–H and O–H groups in total. The molecular weight excluding hydrogens is 388 g/mol. The van der Waals surface area contributed by atoms with Crippen LogP contribution in [0.1, 0.15) is 36.5 Å². The first-order valence-electron chi connectivity index (χ1n) is 11.0. The van der Waals surface area contributed by atoms with Crippen LogP contribution in [0.5, 0.6) is 5.75 Å². The summed E-state index contributed by atoms with van der Waals surface area (Å²) in [4.78, 5) is 26.7. The van der Waals surface area contributed by atoms with E-state index in [1.54, 1.807) is 0 Å². The molecule has 3 aromatic carbocycles. The van der Waals surface area contributed by atoms with E-state index in [4.69, 9.17) is 4.74 Å². The van der Waals surface area contributed by atoms with E-state index < -0.39 is 0 Å². The molecule has 4 rings (SSSR count). The van der Waals surface area contributed by atoms with Gasteiger partial charge in [-0.2, -0.15) is 0 Å². The Morgan fingerprint density at radius 3 is 2.48 bits per heavy atom. The van der Waals surface area contributed by atoms with Crippen molar-refractivity contribution in [3.05, 3.63) is 66.2 Å². The van der Waals surface area contributed by atoms with Crippen LogP contribution >= 0.6 is 0 Å². The van der Waals surface area contributed by atoms with Gasteiger partial charge in [0.05, 0.1) is 0 Å². The Morgan fingerprint density at radius 2 is 1.71 bits per heavy atom. The number of hydrogen-bond donors (Lipinski definition) is 1. The summed E-state index contributed by atoms with van der Waals surface area (Å²) in [5.74, 6) is 0.637. The molecule has 0 saturated carbocycles. The molecule has 1 fully saturated rings. The average molecular weight is 417 g/mol. The van der Waals surface area contributed by atoms with E-state index >= 15 is 0 Å². The second-order valence-corrected chi connectivity index (χ2v) is 7.83. The quantitative estimate of drug-likeness (QED) is 0.636. The number of hydrogen-bond acceptors (Lipinski definition) is 3. The Balaban J connectivity index is 1.65. The van der Waals surface area contributed by atoms with Crippen LogP contribution in [0.15, 0.2) is 60.7 Å². The van der Waals surface area contributed by atoms with Crippen molar-refractivity contribution in [2.24, 2.45) is 0 Å². The fourth-order valence-corrected chi connectivity index (χ4v) is 4.14. The Hall–Kier alpha value is -3.34. The number of piperidine rings is 1. The maximum absolute atomic E-state index is 13.0. The molecule has 1 saturated heterocycles. The lowest BCUT2D eigenvalue weighted by Gasteiger charge is -2.26. The Morgan fingerprint density at radius 1 is 0.935 bits per heavy atom. The number of rotatable bonds is 6. The zero-order valence-electron chi connectivity index (χ0n) is 17.9. The van der Waals surface area contributed by atoms with Crippen molar-refractivity contribution in [2.45, 2.75) is 26.2 Å². The van der Waals surface area contributed by atoms with Crippen LogP contribution in [0.2, 0.25) is 0 Å². The zero-order valence-corrected chi connectivity index (χ0v) is 17.9. The molecule has 0 bridgehead atoms. The lowest BCUT2D eigenvalue weighted by atomic mass is 9.96. The Labute approximate surface area is 183 Å². The molecule has 1 aliphatic heterocycles. The van der Waals surface area contributed by atoms with Crippen molar-refractivity contribution in [1.82, 2.24) is 10.2 Å². The molecule has 2 amide bonds. The van der Waals surface area contributed by atoms with Gasteiger partial charge in [0.15, 0.2) is 6.61 Å². The molecule has 0 radical (unpaired) electrons. The van der Waals surface area contributed by atoms with Gasteiger partial charge in [0.2, 0.25) is 0 Å². The minimum absolute atomic E-state index is 0.0169. The van der Waals surface area contributed by atoms with Gasteiger partial charge in [0.1, 0.15) is 5.75 Å². The van der Waals surface area contributed by atoms with Gasteiger partial charge in [-0.25, -0.2) is 0 Å². The number of benzene rings is 3. The van der Waals surface area contributed by atoms with Gasteiger partial charge >= 0.3 is 0 Å². The standard InChI is InChI=1S/C26H28N2O3/c1-2-27-25(29)18-31-24-14-13-21(22-11-4-5-12-23(22)24)19-9-8-10-20(17-19)26(30)28-15-6-3-7-16-28/h4-5,8-14,17H,2-3,6-7,15-16,18H2,1H3,(H,27,29). The van der Waals surface area contributed by atoms with Crippen molar-refractivity contribution in [3.8, 4) is 16.9 Å². The highest BCUT2D eigenvalue weighted by Gasteiger charge is 2.19. The molecular formula is C26H28N2O3. The maximum atomic E-state index is 13.0. The summed E-state index contributed by atoms with van der Waals surface area (Å²) in [6.45, 7) is 4.12. The summed E-state index contributed by atoms with van der Waals surface area (Å²) in [6.07, 6.45) is 3.35. The second-order valence-electron chi connectivity index (χ2n) is 7.83. The number of nitrogens with one attached hydrogen (secondary N) is 1. The molecule has 160 valence electrons. The van der Waals surface area contributed by atoms with E-state index in [9.17, 15) is 9.59 Å². The van der Waals surface area contributed by atoms with Crippen LogP contribution in [0.4, 0.5) is 0 Å². The van der Waals surface area contributed by atoms with Crippen LogP contribution in [-0.2, 0) is 4.79 Å². The van der Waals surface area contributed by atoms with Gasteiger partial charge < -0.3 is 15.0 Å². The van der Waals surface area contributed by atoms with Crippen LogP contribution < -0.4 is 10.1 Å². The zero-order chi connectivity index (χ0) is 21.6. The summed E-state index contributed by atoms with van der Waals surface area (Å²) in [5.41, 5.74) is 2.75. The molecule has 0 unspecified atom stereocenters. The Bertz CT molecular complexity index is 1090. The minimum Gasteiger partial charge on any atom is -0.483 e. The highest BCUT2D eigenvalue weighted by molar-refractivity contribution is 6.02. The van der Waals surface area contributed by atoms with Crippen molar-refractivity contribution in [2.75, 3.05) is 26.2 Å². The number of carbonyl (C=O) groups excluding carboxylic acids is 2. The fraction of sp³-hybridized carbons (Fsp3) is 0.308. The summed E-state index contributed by atoms with van der Waals surface area (Å²) >= 11 is 0. The predicted molar refractivity (Wildman–Crippen MR) is 123 cm³/mol. The van der Waals surface area contributed by atoms with Crippen LogP contribution in [-0.4, -0.2) is 43.0 Å². The molecule has 0 atom stereocenters. The smallest absolute Gasteiger partial charge is 0.257 e. The molecule has 1 aliphatic rings. The number of ether oxygens (including phenoxy) is 1. The van der Waals surface area contributed by atoms with Crippen molar-refractivity contribution in [3.63, 3.8) is 0 Å². The molecule has 0 spiro atoms. The van der Waals surface area contributed by atoms with E-state index in [0.717, 1.165) is 53.4 Å².